The summed E-state index contributed by atoms with van der Waals surface area (Å²) in [5.74, 6) is 1.62. The average Bonchev–Trinajstić information content (AvgIpc) is 3.55. The van der Waals surface area contributed by atoms with E-state index in [1.807, 2.05) is 29.8 Å². The summed E-state index contributed by atoms with van der Waals surface area (Å²) in [7, 11) is 5.78. The number of hydrogen-bond donors (Lipinski definition) is 1. The third-order valence-electron chi connectivity index (χ3n) is 6.17. The number of anilines is 2. The van der Waals surface area contributed by atoms with Crippen molar-refractivity contribution in [3.63, 3.8) is 0 Å². The maximum absolute atomic E-state index is 5.65. The molecule has 10 heteroatoms. The number of imidazole rings is 1. The minimum atomic E-state index is 0.538. The van der Waals surface area contributed by atoms with Gasteiger partial charge in [0, 0.05) is 24.8 Å². The van der Waals surface area contributed by atoms with Gasteiger partial charge in [-0.25, -0.2) is 19.6 Å². The summed E-state index contributed by atoms with van der Waals surface area (Å²) in [6, 6.07) is 4.01. The lowest BCUT2D eigenvalue weighted by atomic mass is 9.97. The van der Waals surface area contributed by atoms with Crippen LogP contribution in [0, 0.1) is 6.92 Å². The molecule has 0 saturated carbocycles. The van der Waals surface area contributed by atoms with E-state index in [2.05, 4.69) is 40.9 Å². The van der Waals surface area contributed by atoms with Crippen LogP contribution in [-0.4, -0.2) is 55.4 Å². The normalized spacial score (nSPS) is 13.3. The predicted octanol–water partition coefficient (Wildman–Crippen LogP) is 4.61. The van der Waals surface area contributed by atoms with E-state index in [-0.39, 0.29) is 0 Å². The molecule has 4 heterocycles. The van der Waals surface area contributed by atoms with Crippen molar-refractivity contribution in [1.29, 1.82) is 0 Å². The molecule has 0 aliphatic heterocycles. The lowest BCUT2D eigenvalue weighted by Gasteiger charge is -2.12. The molecule has 1 aliphatic carbocycles. The fourth-order valence-electron chi connectivity index (χ4n) is 4.54. The van der Waals surface area contributed by atoms with Crippen LogP contribution in [0.3, 0.4) is 0 Å². The molecule has 184 valence electrons. The lowest BCUT2D eigenvalue weighted by molar-refractivity contribution is 0.396. The first-order valence-electron chi connectivity index (χ1n) is 12.0. The van der Waals surface area contributed by atoms with Crippen molar-refractivity contribution in [2.45, 2.75) is 52.6 Å². The van der Waals surface area contributed by atoms with Gasteiger partial charge in [-0.1, -0.05) is 11.3 Å². The van der Waals surface area contributed by atoms with Gasteiger partial charge in [0.25, 0.3) is 0 Å². The molecule has 0 amide bonds. The zero-order valence-electron chi connectivity index (χ0n) is 21.0. The van der Waals surface area contributed by atoms with Crippen LogP contribution in [0.2, 0.25) is 0 Å². The molecule has 0 radical (unpaired) electrons. The fourth-order valence-corrected chi connectivity index (χ4v) is 5.63. The van der Waals surface area contributed by atoms with Gasteiger partial charge in [-0.2, -0.15) is 5.10 Å². The van der Waals surface area contributed by atoms with Crippen molar-refractivity contribution in [3.8, 4) is 23.0 Å². The van der Waals surface area contributed by atoms with Gasteiger partial charge in [-0.05, 0) is 65.8 Å². The topological polar surface area (TPSA) is 85.9 Å². The van der Waals surface area contributed by atoms with Gasteiger partial charge < -0.3 is 19.5 Å². The second-order valence-corrected chi connectivity index (χ2v) is 10.2. The number of thiazole rings is 1. The highest BCUT2D eigenvalue weighted by Crippen LogP contribution is 2.36. The van der Waals surface area contributed by atoms with E-state index >= 15 is 0 Å². The monoisotopic (exact) mass is 492 g/mol. The molecular formula is C25H32N8OS. The summed E-state index contributed by atoms with van der Waals surface area (Å²) < 4.78 is 9.66. The highest BCUT2D eigenvalue weighted by atomic mass is 32.1. The zero-order valence-corrected chi connectivity index (χ0v) is 21.8. The molecular weight excluding hydrogens is 460 g/mol. The Morgan fingerprint density at radius 2 is 2.00 bits per heavy atom. The van der Waals surface area contributed by atoms with E-state index in [9.17, 15) is 0 Å². The van der Waals surface area contributed by atoms with Crippen LogP contribution in [0.4, 0.5) is 10.9 Å². The van der Waals surface area contributed by atoms with Crippen molar-refractivity contribution >= 4 is 22.3 Å². The number of methoxy groups -OCH3 is 1. The van der Waals surface area contributed by atoms with Gasteiger partial charge in [-0.15, -0.1) is 0 Å². The van der Waals surface area contributed by atoms with Gasteiger partial charge in [0.1, 0.15) is 17.2 Å². The minimum Gasteiger partial charge on any atom is -0.479 e. The van der Waals surface area contributed by atoms with Gasteiger partial charge in [0.05, 0.1) is 35.4 Å². The van der Waals surface area contributed by atoms with Crippen molar-refractivity contribution < 1.29 is 4.74 Å². The predicted molar refractivity (Wildman–Crippen MR) is 139 cm³/mol. The fraction of sp³-hybridized carbons (Fsp3) is 0.440. The van der Waals surface area contributed by atoms with E-state index in [1.54, 1.807) is 24.8 Å². The number of nitrogens with zero attached hydrogens (tertiary/aromatic N) is 7. The Morgan fingerprint density at radius 1 is 1.17 bits per heavy atom. The smallest absolute Gasteiger partial charge is 0.238 e. The molecule has 0 aromatic carbocycles. The van der Waals surface area contributed by atoms with Crippen LogP contribution in [0.25, 0.3) is 17.1 Å². The number of nitrogens with one attached hydrogen (secondary N) is 1. The molecule has 9 nitrogen and oxygen atoms in total. The van der Waals surface area contributed by atoms with Crippen LogP contribution >= 0.6 is 11.3 Å². The molecule has 0 fully saturated rings. The first-order chi connectivity index (χ1) is 17.0. The number of rotatable bonds is 8. The second-order valence-electron chi connectivity index (χ2n) is 9.10. The van der Waals surface area contributed by atoms with E-state index < -0.39 is 0 Å². The zero-order chi connectivity index (χ0) is 24.5. The Bertz CT molecular complexity index is 1340. The summed E-state index contributed by atoms with van der Waals surface area (Å²) in [5, 5.41) is 9.33. The Labute approximate surface area is 209 Å². The Hall–Kier alpha value is -3.24. The SMILES string of the molecule is CCn1nc2c(c1Nc1nc(-c3ccc(-n4cnc(C)c4)c(OC)n3)c(CN(C)C)s1)CCCC2. The molecule has 35 heavy (non-hydrogen) atoms. The van der Waals surface area contributed by atoms with Crippen LogP contribution in [0.5, 0.6) is 5.88 Å². The van der Waals surface area contributed by atoms with Gasteiger partial charge >= 0.3 is 0 Å². The maximum Gasteiger partial charge on any atom is 0.238 e. The Balaban J connectivity index is 1.53. The van der Waals surface area contributed by atoms with E-state index in [0.29, 0.717) is 5.88 Å². The second kappa shape index (κ2) is 9.79. The number of hydrogen-bond acceptors (Lipinski definition) is 8. The molecule has 0 unspecified atom stereocenters. The first kappa shape index (κ1) is 23.5. The van der Waals surface area contributed by atoms with Crippen LogP contribution in [-0.2, 0) is 25.9 Å². The van der Waals surface area contributed by atoms with Crippen LogP contribution in [0.15, 0.2) is 24.7 Å². The van der Waals surface area contributed by atoms with E-state index in [1.165, 1.54) is 24.1 Å². The summed E-state index contributed by atoms with van der Waals surface area (Å²) >= 11 is 1.67. The highest BCUT2D eigenvalue weighted by molar-refractivity contribution is 7.16. The minimum absolute atomic E-state index is 0.538. The van der Waals surface area contributed by atoms with Gasteiger partial charge in [0.2, 0.25) is 5.88 Å². The average molecular weight is 493 g/mol. The van der Waals surface area contributed by atoms with Crippen LogP contribution < -0.4 is 10.1 Å². The molecule has 0 atom stereocenters. The first-order valence-corrected chi connectivity index (χ1v) is 12.8. The standard InChI is InChI=1S/C25H32N8OS/c1-6-33-23(17-9-7-8-10-18(17)30-33)29-25-28-22(21(35-25)14-31(3)4)19-11-12-20(24(27-19)34-5)32-13-16(2)26-15-32/h11-13,15H,6-10,14H2,1-5H3,(H,28,29). The molecule has 1 aliphatic rings. The molecule has 5 rings (SSSR count). The number of ether oxygens (including phenoxy) is 1. The van der Waals surface area contributed by atoms with E-state index in [4.69, 9.17) is 19.8 Å². The highest BCUT2D eigenvalue weighted by Gasteiger charge is 2.23. The summed E-state index contributed by atoms with van der Waals surface area (Å²) in [5.41, 5.74) is 6.00. The van der Waals surface area contributed by atoms with Crippen molar-refractivity contribution in [2.24, 2.45) is 0 Å². The van der Waals surface area contributed by atoms with E-state index in [0.717, 1.165) is 64.5 Å². The number of fused-ring (bicyclic) bond motifs is 1. The molecule has 0 saturated heterocycles. The molecule has 1 N–H and O–H groups in total. The number of aromatic nitrogens is 6. The summed E-state index contributed by atoms with van der Waals surface area (Å²) in [6.45, 7) is 5.69. The Morgan fingerprint density at radius 3 is 2.71 bits per heavy atom. The van der Waals surface area contributed by atoms with Crippen molar-refractivity contribution in [1.82, 2.24) is 34.2 Å². The largest absolute Gasteiger partial charge is 0.479 e. The third kappa shape index (κ3) is 4.68. The number of aryl methyl sites for hydroxylation is 3. The van der Waals surface area contributed by atoms with Gasteiger partial charge in [-0.3, -0.25) is 0 Å². The summed E-state index contributed by atoms with van der Waals surface area (Å²) in [4.78, 5) is 17.5. The summed E-state index contributed by atoms with van der Waals surface area (Å²) in [6.07, 6.45) is 8.27. The number of pyridine rings is 1. The lowest BCUT2D eigenvalue weighted by Crippen LogP contribution is -2.10. The Kier molecular flexibility index (Phi) is 6.57. The molecule has 0 bridgehead atoms. The van der Waals surface area contributed by atoms with Crippen LogP contribution in [0.1, 0.15) is 41.6 Å². The molecule has 4 aromatic heterocycles. The third-order valence-corrected chi connectivity index (χ3v) is 7.13. The van der Waals surface area contributed by atoms with Crippen molar-refractivity contribution in [2.75, 3.05) is 26.5 Å². The van der Waals surface area contributed by atoms with Gasteiger partial charge in [0.15, 0.2) is 5.13 Å². The quantitative estimate of drug-likeness (QED) is 0.384. The molecule has 4 aromatic rings. The molecule has 0 spiro atoms. The van der Waals surface area contributed by atoms with Crippen molar-refractivity contribution in [3.05, 3.63) is 46.5 Å². The maximum atomic E-state index is 5.65.